The summed E-state index contributed by atoms with van der Waals surface area (Å²) in [7, 11) is 2.48. The molecule has 0 amide bonds. The molecule has 0 N–H and O–H groups in total. The van der Waals surface area contributed by atoms with Gasteiger partial charge in [-0.1, -0.05) is 11.6 Å². The fourth-order valence-corrected chi connectivity index (χ4v) is 2.51. The molecule has 0 aliphatic rings. The van der Waals surface area contributed by atoms with Crippen molar-refractivity contribution in [3.8, 4) is 5.75 Å². The summed E-state index contributed by atoms with van der Waals surface area (Å²) < 4.78 is 19.9. The molecule has 7 nitrogen and oxygen atoms in total. The summed E-state index contributed by atoms with van der Waals surface area (Å²) in [5, 5.41) is 0.783. The monoisotopic (exact) mass is 368 g/mol. The molecule has 134 valence electrons. The first-order chi connectivity index (χ1) is 11.8. The van der Waals surface area contributed by atoms with Gasteiger partial charge < -0.3 is 18.6 Å². The van der Waals surface area contributed by atoms with E-state index in [-0.39, 0.29) is 28.3 Å². The Morgan fingerprint density at radius 3 is 2.52 bits per heavy atom. The van der Waals surface area contributed by atoms with Crippen LogP contribution < -0.4 is 10.4 Å². The van der Waals surface area contributed by atoms with Crippen molar-refractivity contribution in [1.29, 1.82) is 0 Å². The quantitative estimate of drug-likeness (QED) is 0.591. The Bertz CT molecular complexity index is 885. The maximum Gasteiger partial charge on any atom is 0.346 e. The molecule has 0 saturated heterocycles. The second-order valence-corrected chi connectivity index (χ2v) is 5.72. The number of halogens is 1. The summed E-state index contributed by atoms with van der Waals surface area (Å²) >= 11 is 6.20. The van der Waals surface area contributed by atoms with E-state index in [2.05, 4.69) is 9.47 Å². The molecular weight excluding hydrogens is 352 g/mol. The Morgan fingerprint density at radius 1 is 1.24 bits per heavy atom. The van der Waals surface area contributed by atoms with Crippen molar-refractivity contribution in [3.63, 3.8) is 0 Å². The number of rotatable bonds is 5. The van der Waals surface area contributed by atoms with Gasteiger partial charge in [0.05, 0.1) is 31.2 Å². The zero-order valence-electron chi connectivity index (χ0n) is 14.2. The Morgan fingerprint density at radius 2 is 1.92 bits per heavy atom. The number of esters is 2. The average molecular weight is 369 g/mol. The van der Waals surface area contributed by atoms with Crippen LogP contribution in [-0.4, -0.2) is 32.3 Å². The van der Waals surface area contributed by atoms with Gasteiger partial charge in [-0.2, -0.15) is 0 Å². The molecule has 8 heteroatoms. The molecule has 0 saturated carbocycles. The van der Waals surface area contributed by atoms with Crippen LogP contribution in [0, 0.1) is 6.92 Å². The lowest BCUT2D eigenvalue weighted by Crippen LogP contribution is -2.25. The molecule has 0 aliphatic heterocycles. The Balaban J connectivity index is 2.51. The van der Waals surface area contributed by atoms with Crippen molar-refractivity contribution in [2.45, 2.75) is 26.4 Å². The zero-order chi connectivity index (χ0) is 18.7. The topological polar surface area (TPSA) is 92.0 Å². The predicted octanol–water partition coefficient (Wildman–Crippen LogP) is 2.41. The number of aryl methyl sites for hydroxylation is 1. The highest BCUT2D eigenvalue weighted by atomic mass is 35.5. The summed E-state index contributed by atoms with van der Waals surface area (Å²) in [6.07, 6.45) is -1.08. The van der Waals surface area contributed by atoms with E-state index in [9.17, 15) is 14.4 Å². The van der Waals surface area contributed by atoms with Crippen LogP contribution in [0.2, 0.25) is 5.02 Å². The Kier molecular flexibility index (Phi) is 5.69. The van der Waals surface area contributed by atoms with Gasteiger partial charge in [0, 0.05) is 11.5 Å². The van der Waals surface area contributed by atoms with Crippen LogP contribution in [0.15, 0.2) is 21.3 Å². The van der Waals surface area contributed by atoms with Gasteiger partial charge in [-0.25, -0.2) is 9.59 Å². The lowest BCUT2D eigenvalue weighted by Gasteiger charge is -2.15. The highest BCUT2D eigenvalue weighted by Crippen LogP contribution is 2.32. The molecule has 0 spiro atoms. The number of carbonyl (C=O) groups is 2. The van der Waals surface area contributed by atoms with Crippen LogP contribution in [0.3, 0.4) is 0 Å². The second-order valence-electron chi connectivity index (χ2n) is 5.31. The van der Waals surface area contributed by atoms with Gasteiger partial charge in [-0.15, -0.1) is 0 Å². The minimum absolute atomic E-state index is 0.176. The number of benzene rings is 1. The first kappa shape index (κ1) is 18.8. The number of carbonyl (C=O) groups excluding carboxylic acids is 2. The SMILES string of the molecule is COC(=O)Cc1c(C)c2cc(Cl)c(O[C@H](C)C(=O)OC)cc2oc1=O. The molecule has 0 fully saturated rings. The fraction of sp³-hybridized carbons (Fsp3) is 0.353. The average Bonchev–Trinajstić information content (AvgIpc) is 2.59. The highest BCUT2D eigenvalue weighted by molar-refractivity contribution is 6.32. The summed E-state index contributed by atoms with van der Waals surface area (Å²) in [4.78, 5) is 35.1. The maximum atomic E-state index is 12.2. The van der Waals surface area contributed by atoms with Gasteiger partial charge in [0.1, 0.15) is 11.3 Å². The lowest BCUT2D eigenvalue weighted by atomic mass is 10.0. The molecule has 0 bridgehead atoms. The van der Waals surface area contributed by atoms with Gasteiger partial charge in [-0.05, 0) is 25.5 Å². The first-order valence-electron chi connectivity index (χ1n) is 7.35. The van der Waals surface area contributed by atoms with Gasteiger partial charge >= 0.3 is 17.6 Å². The van der Waals surface area contributed by atoms with Crippen molar-refractivity contribution in [1.82, 2.24) is 0 Å². The van der Waals surface area contributed by atoms with Crippen LogP contribution in [0.25, 0.3) is 11.0 Å². The van der Waals surface area contributed by atoms with E-state index in [1.165, 1.54) is 27.2 Å². The van der Waals surface area contributed by atoms with Crippen molar-refractivity contribution >= 4 is 34.5 Å². The number of hydrogen-bond donors (Lipinski definition) is 0. The zero-order valence-corrected chi connectivity index (χ0v) is 14.9. The van der Waals surface area contributed by atoms with Crippen LogP contribution >= 0.6 is 11.6 Å². The van der Waals surface area contributed by atoms with E-state index in [0.29, 0.717) is 10.9 Å². The number of ether oxygens (including phenoxy) is 3. The molecule has 0 unspecified atom stereocenters. The summed E-state index contributed by atoms with van der Waals surface area (Å²) in [5.41, 5.74) is 0.343. The van der Waals surface area contributed by atoms with Crippen LogP contribution in [0.4, 0.5) is 0 Å². The van der Waals surface area contributed by atoms with Crippen LogP contribution in [0.1, 0.15) is 18.1 Å². The van der Waals surface area contributed by atoms with Gasteiger partial charge in [-0.3, -0.25) is 4.79 Å². The largest absolute Gasteiger partial charge is 0.477 e. The van der Waals surface area contributed by atoms with E-state index in [1.54, 1.807) is 13.0 Å². The molecule has 1 aromatic carbocycles. The fourth-order valence-electron chi connectivity index (χ4n) is 2.31. The number of fused-ring (bicyclic) bond motifs is 1. The molecule has 25 heavy (non-hydrogen) atoms. The first-order valence-corrected chi connectivity index (χ1v) is 7.73. The molecule has 1 heterocycles. The van der Waals surface area contributed by atoms with E-state index >= 15 is 0 Å². The third-order valence-corrected chi connectivity index (χ3v) is 4.02. The number of hydrogen-bond acceptors (Lipinski definition) is 7. The highest BCUT2D eigenvalue weighted by Gasteiger charge is 2.20. The molecule has 1 atom stereocenters. The van der Waals surface area contributed by atoms with Gasteiger partial charge in [0.2, 0.25) is 0 Å². The predicted molar refractivity (Wildman–Crippen MR) is 90.1 cm³/mol. The smallest absolute Gasteiger partial charge is 0.346 e. The van der Waals surface area contributed by atoms with E-state index in [0.717, 1.165) is 0 Å². The molecule has 2 aromatic rings. The Hall–Kier alpha value is -2.54. The molecule has 2 rings (SSSR count). The molecular formula is C17H17ClO7. The number of methoxy groups -OCH3 is 2. The Labute approximate surface area is 148 Å². The van der Waals surface area contributed by atoms with Crippen molar-refractivity contribution in [2.24, 2.45) is 0 Å². The molecule has 1 aromatic heterocycles. The minimum atomic E-state index is -0.883. The third kappa shape index (κ3) is 3.93. The van der Waals surface area contributed by atoms with E-state index < -0.39 is 23.7 Å². The normalized spacial score (nSPS) is 11.9. The standard InChI is InChI=1S/C17H17ClO7/c1-8-10-5-12(18)14(24-9(2)16(20)23-4)7-13(10)25-17(21)11(8)6-15(19)22-3/h5,7,9H,6H2,1-4H3/t9-/m1/s1. The lowest BCUT2D eigenvalue weighted by molar-refractivity contribution is -0.148. The van der Waals surface area contributed by atoms with Crippen molar-refractivity contribution < 1.29 is 28.2 Å². The van der Waals surface area contributed by atoms with Crippen molar-refractivity contribution in [3.05, 3.63) is 38.7 Å². The maximum absolute atomic E-state index is 12.2. The van der Waals surface area contributed by atoms with Crippen molar-refractivity contribution in [2.75, 3.05) is 14.2 Å². The summed E-state index contributed by atoms with van der Waals surface area (Å²) in [6.45, 7) is 3.19. The minimum Gasteiger partial charge on any atom is -0.477 e. The van der Waals surface area contributed by atoms with Crippen LogP contribution in [0.5, 0.6) is 5.75 Å². The molecule has 0 aliphatic carbocycles. The summed E-state index contributed by atoms with van der Waals surface area (Å²) in [5.74, 6) is -0.940. The van der Waals surface area contributed by atoms with Crippen LogP contribution in [-0.2, 0) is 25.5 Å². The van der Waals surface area contributed by atoms with Gasteiger partial charge in [0.15, 0.2) is 6.10 Å². The second kappa shape index (κ2) is 7.57. The van der Waals surface area contributed by atoms with E-state index in [4.69, 9.17) is 20.8 Å². The van der Waals surface area contributed by atoms with Gasteiger partial charge in [0.25, 0.3) is 0 Å². The third-order valence-electron chi connectivity index (χ3n) is 3.73. The van der Waals surface area contributed by atoms with E-state index in [1.807, 2.05) is 0 Å². The molecule has 0 radical (unpaired) electrons. The summed E-state index contributed by atoms with van der Waals surface area (Å²) in [6, 6.07) is 2.97.